The summed E-state index contributed by atoms with van der Waals surface area (Å²) in [6.07, 6.45) is 1.42. The molecule has 0 heterocycles. The Morgan fingerprint density at radius 2 is 1.94 bits per heavy atom. The molecule has 0 radical (unpaired) electrons. The summed E-state index contributed by atoms with van der Waals surface area (Å²) in [5, 5.41) is 8.85. The summed E-state index contributed by atoms with van der Waals surface area (Å²) in [5.41, 5.74) is 6.04. The smallest absolute Gasteiger partial charge is 0.240 e. The number of aliphatic hydroxyl groups is 1. The largest absolute Gasteiger partial charge is 0.399 e. The van der Waals surface area contributed by atoms with Crippen molar-refractivity contribution in [1.29, 1.82) is 0 Å². The SMILES string of the molecule is CCC(CCO)CNS(=O)(=O)c1ccc(N)cc1. The molecule has 0 spiro atoms. The lowest BCUT2D eigenvalue weighted by Gasteiger charge is -2.14. The second-order valence-electron chi connectivity index (χ2n) is 4.21. The Kier molecular flexibility index (Phi) is 5.58. The Labute approximate surface area is 108 Å². The summed E-state index contributed by atoms with van der Waals surface area (Å²) in [6.45, 7) is 2.38. The lowest BCUT2D eigenvalue weighted by Crippen LogP contribution is -2.29. The summed E-state index contributed by atoms with van der Waals surface area (Å²) in [6, 6.07) is 6.06. The van der Waals surface area contributed by atoms with Crippen molar-refractivity contribution in [2.75, 3.05) is 18.9 Å². The van der Waals surface area contributed by atoms with Gasteiger partial charge in [0, 0.05) is 18.8 Å². The van der Waals surface area contributed by atoms with Crippen molar-refractivity contribution in [3.8, 4) is 0 Å². The molecule has 18 heavy (non-hydrogen) atoms. The number of nitrogen functional groups attached to an aromatic ring is 1. The Balaban J connectivity index is 2.67. The van der Waals surface area contributed by atoms with Gasteiger partial charge in [-0.25, -0.2) is 13.1 Å². The van der Waals surface area contributed by atoms with Crippen molar-refractivity contribution in [2.45, 2.75) is 24.7 Å². The third-order valence-corrected chi connectivity index (χ3v) is 4.31. The molecule has 6 heteroatoms. The minimum Gasteiger partial charge on any atom is -0.399 e. The van der Waals surface area contributed by atoms with Gasteiger partial charge in [-0.15, -0.1) is 0 Å². The zero-order chi connectivity index (χ0) is 13.6. The normalized spacial score (nSPS) is 13.4. The molecule has 0 aliphatic rings. The van der Waals surface area contributed by atoms with E-state index in [1.165, 1.54) is 12.1 Å². The van der Waals surface area contributed by atoms with Crippen LogP contribution in [0.5, 0.6) is 0 Å². The van der Waals surface area contributed by atoms with Crippen LogP contribution < -0.4 is 10.5 Å². The van der Waals surface area contributed by atoms with E-state index in [9.17, 15) is 8.42 Å². The maximum absolute atomic E-state index is 12.0. The number of aliphatic hydroxyl groups excluding tert-OH is 1. The molecule has 0 fully saturated rings. The van der Waals surface area contributed by atoms with Crippen molar-refractivity contribution >= 4 is 15.7 Å². The Bertz CT molecular complexity index is 457. The van der Waals surface area contributed by atoms with Gasteiger partial charge in [0.2, 0.25) is 10.0 Å². The molecule has 0 aliphatic heterocycles. The zero-order valence-electron chi connectivity index (χ0n) is 10.5. The van der Waals surface area contributed by atoms with Crippen molar-refractivity contribution < 1.29 is 13.5 Å². The Morgan fingerprint density at radius 3 is 2.44 bits per heavy atom. The molecule has 5 nitrogen and oxygen atoms in total. The van der Waals surface area contributed by atoms with E-state index < -0.39 is 10.0 Å². The number of sulfonamides is 1. The molecular weight excluding hydrogens is 252 g/mol. The van der Waals surface area contributed by atoms with Gasteiger partial charge in [-0.05, 0) is 36.6 Å². The van der Waals surface area contributed by atoms with Crippen molar-refractivity contribution in [3.63, 3.8) is 0 Å². The molecular formula is C12H20N2O3S. The van der Waals surface area contributed by atoms with Crippen LogP contribution in [0.4, 0.5) is 5.69 Å². The molecule has 0 saturated heterocycles. The fourth-order valence-electron chi connectivity index (χ4n) is 1.59. The molecule has 0 aromatic heterocycles. The van der Waals surface area contributed by atoms with Crippen LogP contribution in [-0.2, 0) is 10.0 Å². The third-order valence-electron chi connectivity index (χ3n) is 2.87. The van der Waals surface area contributed by atoms with Gasteiger partial charge in [0.15, 0.2) is 0 Å². The number of rotatable bonds is 7. The molecule has 0 aliphatic carbocycles. The van der Waals surface area contributed by atoms with Crippen LogP contribution in [0.2, 0.25) is 0 Å². The van der Waals surface area contributed by atoms with Crippen LogP contribution in [0.3, 0.4) is 0 Å². The zero-order valence-corrected chi connectivity index (χ0v) is 11.3. The molecule has 1 aromatic rings. The third kappa shape index (κ3) is 4.29. The van der Waals surface area contributed by atoms with E-state index in [0.29, 0.717) is 18.7 Å². The van der Waals surface area contributed by atoms with E-state index in [-0.39, 0.29) is 17.4 Å². The standard InChI is InChI=1S/C12H20N2O3S/c1-2-10(7-8-15)9-14-18(16,17)12-5-3-11(13)4-6-12/h3-6,10,14-15H,2,7-9,13H2,1H3. The molecule has 1 rings (SSSR count). The fraction of sp³-hybridized carbons (Fsp3) is 0.500. The minimum absolute atomic E-state index is 0.0715. The Hall–Kier alpha value is -1.11. The van der Waals surface area contributed by atoms with Gasteiger partial charge in [-0.3, -0.25) is 0 Å². The number of nitrogens with two attached hydrogens (primary N) is 1. The van der Waals surface area contributed by atoms with Crippen LogP contribution in [0.1, 0.15) is 19.8 Å². The first-order valence-electron chi connectivity index (χ1n) is 5.95. The van der Waals surface area contributed by atoms with Crippen LogP contribution in [0.25, 0.3) is 0 Å². The van der Waals surface area contributed by atoms with Crippen molar-refractivity contribution in [3.05, 3.63) is 24.3 Å². The first-order valence-corrected chi connectivity index (χ1v) is 7.44. The molecule has 102 valence electrons. The average Bonchev–Trinajstić information content (AvgIpc) is 2.35. The van der Waals surface area contributed by atoms with Crippen molar-refractivity contribution in [2.24, 2.45) is 5.92 Å². The molecule has 1 atom stereocenters. The highest BCUT2D eigenvalue weighted by Gasteiger charge is 2.15. The highest BCUT2D eigenvalue weighted by atomic mass is 32.2. The number of benzene rings is 1. The molecule has 0 bridgehead atoms. The predicted molar refractivity (Wildman–Crippen MR) is 71.5 cm³/mol. The minimum atomic E-state index is -3.49. The Morgan fingerprint density at radius 1 is 1.33 bits per heavy atom. The summed E-state index contributed by atoms with van der Waals surface area (Å²) in [4.78, 5) is 0.204. The number of nitrogens with one attached hydrogen (secondary N) is 1. The fourth-order valence-corrected chi connectivity index (χ4v) is 2.71. The average molecular weight is 272 g/mol. The summed E-state index contributed by atoms with van der Waals surface area (Å²) in [7, 11) is -3.49. The van der Waals surface area contributed by atoms with Crippen LogP contribution in [0, 0.1) is 5.92 Å². The van der Waals surface area contributed by atoms with E-state index in [4.69, 9.17) is 10.8 Å². The maximum atomic E-state index is 12.0. The van der Waals surface area contributed by atoms with E-state index in [1.54, 1.807) is 12.1 Å². The molecule has 1 aromatic carbocycles. The maximum Gasteiger partial charge on any atom is 0.240 e. The van der Waals surface area contributed by atoms with Gasteiger partial charge in [0.25, 0.3) is 0 Å². The molecule has 4 N–H and O–H groups in total. The lowest BCUT2D eigenvalue weighted by atomic mass is 10.0. The number of hydrogen-bond donors (Lipinski definition) is 3. The molecule has 0 saturated carbocycles. The quantitative estimate of drug-likeness (QED) is 0.644. The number of hydrogen-bond acceptors (Lipinski definition) is 4. The summed E-state index contributed by atoms with van der Waals surface area (Å²) >= 11 is 0. The highest BCUT2D eigenvalue weighted by molar-refractivity contribution is 7.89. The van der Waals surface area contributed by atoms with Crippen molar-refractivity contribution in [1.82, 2.24) is 4.72 Å². The summed E-state index contributed by atoms with van der Waals surface area (Å²) in [5.74, 6) is 0.151. The van der Waals surface area contributed by atoms with Gasteiger partial charge in [-0.2, -0.15) is 0 Å². The van der Waals surface area contributed by atoms with Gasteiger partial charge < -0.3 is 10.8 Å². The van der Waals surface area contributed by atoms with E-state index >= 15 is 0 Å². The van der Waals surface area contributed by atoms with E-state index in [2.05, 4.69) is 4.72 Å². The van der Waals surface area contributed by atoms with Gasteiger partial charge >= 0.3 is 0 Å². The second kappa shape index (κ2) is 6.72. The van der Waals surface area contributed by atoms with Gasteiger partial charge in [0.1, 0.15) is 0 Å². The van der Waals surface area contributed by atoms with Crippen LogP contribution in [0.15, 0.2) is 29.2 Å². The molecule has 1 unspecified atom stereocenters. The lowest BCUT2D eigenvalue weighted by molar-refractivity contribution is 0.254. The first kappa shape index (κ1) is 14.9. The predicted octanol–water partition coefficient (Wildman–Crippen LogP) is 0.956. The van der Waals surface area contributed by atoms with E-state index in [0.717, 1.165) is 6.42 Å². The first-order chi connectivity index (χ1) is 8.49. The van der Waals surface area contributed by atoms with Gasteiger partial charge in [-0.1, -0.05) is 13.3 Å². The molecule has 0 amide bonds. The second-order valence-corrected chi connectivity index (χ2v) is 5.97. The van der Waals surface area contributed by atoms with E-state index in [1.807, 2.05) is 6.92 Å². The topological polar surface area (TPSA) is 92.4 Å². The van der Waals surface area contributed by atoms with Crippen LogP contribution >= 0.6 is 0 Å². The summed E-state index contributed by atoms with van der Waals surface area (Å²) < 4.78 is 26.5. The van der Waals surface area contributed by atoms with Gasteiger partial charge in [0.05, 0.1) is 4.90 Å². The highest BCUT2D eigenvalue weighted by Crippen LogP contribution is 2.13. The monoisotopic (exact) mass is 272 g/mol. The number of anilines is 1. The van der Waals surface area contributed by atoms with Crippen LogP contribution in [-0.4, -0.2) is 26.7 Å².